The number of amides is 1. The molecule has 6 rings (SSSR count). The predicted molar refractivity (Wildman–Crippen MR) is 131 cm³/mol. The molecule has 4 atom stereocenters. The number of likely N-dealkylation sites (tertiary alicyclic amines) is 1. The molecule has 0 saturated carbocycles. The van der Waals surface area contributed by atoms with Gasteiger partial charge in [-0.25, -0.2) is 9.51 Å². The maximum atomic E-state index is 14.4. The van der Waals surface area contributed by atoms with Crippen LogP contribution in [-0.2, 0) is 10.2 Å². The van der Waals surface area contributed by atoms with E-state index in [1.807, 2.05) is 25.1 Å². The summed E-state index contributed by atoms with van der Waals surface area (Å²) in [6.07, 6.45) is 2.55. The monoisotopic (exact) mass is 490 g/mol. The lowest BCUT2D eigenvalue weighted by Crippen LogP contribution is -2.82. The van der Waals surface area contributed by atoms with Gasteiger partial charge < -0.3 is 19.7 Å². The molecule has 0 bridgehead atoms. The Kier molecular flexibility index (Phi) is 5.91. The molecule has 0 aliphatic carbocycles. The molecule has 2 fully saturated rings. The van der Waals surface area contributed by atoms with Crippen LogP contribution in [-0.4, -0.2) is 49.3 Å². The molecular formula is C28H34N4O4+2. The molecule has 3 aliphatic rings. The van der Waals surface area contributed by atoms with Crippen LogP contribution >= 0.6 is 0 Å². The van der Waals surface area contributed by atoms with E-state index < -0.39 is 0 Å². The standard InChI is InChI=1S/C28H32N4O4/c1-18-30-26(36-31-18)23-15-20(19-7-4-3-5-8-19)11-13-32(23)27(33)22-16-29-17-28(22)12-14-35-25-21(28)9-6-10-24(25)34-2/h3-10,20,22-23,29H,11-17H2,1-2H3/p+2/t20-,22+,23+,28+/m1/s1. The number of aryl methyl sites for hydroxylation is 1. The fourth-order valence-corrected chi connectivity index (χ4v) is 6.67. The summed E-state index contributed by atoms with van der Waals surface area (Å²) in [6, 6.07) is 16.5. The number of ether oxygens (including phenoxy) is 2. The molecule has 3 aliphatic heterocycles. The molecule has 3 N–H and O–H groups in total. The number of nitrogens with two attached hydrogens (primary N) is 1. The fraction of sp³-hybridized carbons (Fsp3) is 0.464. The Labute approximate surface area is 211 Å². The van der Waals surface area contributed by atoms with E-state index in [1.54, 1.807) is 7.11 Å². The van der Waals surface area contributed by atoms with Gasteiger partial charge in [-0.1, -0.05) is 42.5 Å². The number of piperidine rings is 1. The van der Waals surface area contributed by atoms with E-state index in [9.17, 15) is 4.79 Å². The first-order valence-corrected chi connectivity index (χ1v) is 12.9. The zero-order chi connectivity index (χ0) is 24.7. The van der Waals surface area contributed by atoms with Crippen molar-refractivity contribution in [2.24, 2.45) is 5.92 Å². The minimum atomic E-state index is -0.277. The molecular weight excluding hydrogens is 456 g/mol. The highest BCUT2D eigenvalue weighted by molar-refractivity contribution is 5.82. The van der Waals surface area contributed by atoms with E-state index in [-0.39, 0.29) is 23.3 Å². The quantitative estimate of drug-likeness (QED) is 0.605. The molecule has 4 heterocycles. The first kappa shape index (κ1) is 23.0. The number of carbonyl (C=O) groups excluding carboxylic acids is 1. The number of methoxy groups -OCH3 is 1. The van der Waals surface area contributed by atoms with Crippen molar-refractivity contribution in [2.45, 2.75) is 43.6 Å². The van der Waals surface area contributed by atoms with Crippen LogP contribution in [0.4, 0.5) is 0 Å². The van der Waals surface area contributed by atoms with Gasteiger partial charge in [0.2, 0.25) is 5.91 Å². The van der Waals surface area contributed by atoms with Gasteiger partial charge in [0, 0.05) is 19.0 Å². The molecule has 0 radical (unpaired) electrons. The van der Waals surface area contributed by atoms with Crippen molar-refractivity contribution in [2.75, 3.05) is 33.4 Å². The predicted octanol–water partition coefficient (Wildman–Crippen LogP) is 2.17. The van der Waals surface area contributed by atoms with E-state index in [0.29, 0.717) is 25.0 Å². The molecule has 1 spiro atoms. The Balaban J connectivity index is 1.34. The van der Waals surface area contributed by atoms with Gasteiger partial charge in [0.05, 0.1) is 32.2 Å². The Bertz CT molecular complexity index is 1250. The Morgan fingerprint density at radius 3 is 2.86 bits per heavy atom. The van der Waals surface area contributed by atoms with E-state index in [1.165, 1.54) is 5.56 Å². The fourth-order valence-electron chi connectivity index (χ4n) is 6.67. The van der Waals surface area contributed by atoms with Crippen LogP contribution in [0.15, 0.2) is 53.1 Å². The number of nitrogens with zero attached hydrogens (tertiary/aromatic N) is 2. The second kappa shape index (κ2) is 9.24. The smallest absolute Gasteiger partial charge is 0.343 e. The third-order valence-electron chi connectivity index (χ3n) is 8.45. The van der Waals surface area contributed by atoms with Gasteiger partial charge in [0.25, 0.3) is 0 Å². The Morgan fingerprint density at radius 2 is 2.08 bits per heavy atom. The number of carbonyl (C=O) groups is 1. The van der Waals surface area contributed by atoms with Crippen LogP contribution in [0.3, 0.4) is 0 Å². The summed E-state index contributed by atoms with van der Waals surface area (Å²) in [5.74, 6) is 3.31. The Morgan fingerprint density at radius 1 is 1.22 bits per heavy atom. The average Bonchev–Trinajstić information content (AvgIpc) is 3.55. The number of aromatic nitrogens is 2. The zero-order valence-electron chi connectivity index (χ0n) is 20.9. The first-order valence-electron chi connectivity index (χ1n) is 12.9. The summed E-state index contributed by atoms with van der Waals surface area (Å²) in [5, 5.41) is 6.39. The number of hydrogen-bond acceptors (Lipinski definition) is 5. The summed E-state index contributed by atoms with van der Waals surface area (Å²) in [5.41, 5.74) is 2.13. The molecule has 36 heavy (non-hydrogen) atoms. The van der Waals surface area contributed by atoms with Gasteiger partial charge in [-0.3, -0.25) is 4.79 Å². The first-order chi connectivity index (χ1) is 17.6. The van der Waals surface area contributed by atoms with Crippen LogP contribution in [0.5, 0.6) is 11.5 Å². The number of hydrogen-bond donors (Lipinski definition) is 1. The van der Waals surface area contributed by atoms with Crippen molar-refractivity contribution >= 4 is 5.91 Å². The van der Waals surface area contributed by atoms with Crippen LogP contribution < -0.4 is 19.8 Å². The number of para-hydroxylation sites is 1. The normalized spacial score (nSPS) is 27.5. The van der Waals surface area contributed by atoms with Crippen molar-refractivity contribution in [1.29, 1.82) is 0 Å². The van der Waals surface area contributed by atoms with Gasteiger partial charge in [0.15, 0.2) is 16.7 Å². The van der Waals surface area contributed by atoms with Crippen LogP contribution in [0.2, 0.25) is 0 Å². The van der Waals surface area contributed by atoms with Crippen molar-refractivity contribution < 1.29 is 29.1 Å². The highest BCUT2D eigenvalue weighted by Crippen LogP contribution is 2.49. The highest BCUT2D eigenvalue weighted by atomic mass is 16.5. The number of aromatic amines is 1. The molecule has 2 saturated heterocycles. The average molecular weight is 491 g/mol. The van der Waals surface area contributed by atoms with Gasteiger partial charge >= 0.3 is 11.7 Å². The van der Waals surface area contributed by atoms with Crippen LogP contribution in [0, 0.1) is 12.8 Å². The van der Waals surface area contributed by atoms with Crippen molar-refractivity contribution in [1.82, 2.24) is 10.1 Å². The molecule has 8 nitrogen and oxygen atoms in total. The molecule has 2 aromatic carbocycles. The van der Waals surface area contributed by atoms with Gasteiger partial charge in [0.1, 0.15) is 12.0 Å². The van der Waals surface area contributed by atoms with E-state index >= 15 is 0 Å². The molecule has 0 unspecified atom stereocenters. The van der Waals surface area contributed by atoms with E-state index in [2.05, 4.69) is 50.7 Å². The van der Waals surface area contributed by atoms with Crippen molar-refractivity contribution in [3.8, 4) is 11.5 Å². The van der Waals surface area contributed by atoms with Gasteiger partial charge in [-0.15, -0.1) is 0 Å². The van der Waals surface area contributed by atoms with E-state index in [0.717, 1.165) is 55.2 Å². The number of rotatable bonds is 4. The minimum absolute atomic E-state index is 0.146. The van der Waals surface area contributed by atoms with Crippen LogP contribution in [0.1, 0.15) is 54.1 Å². The molecule has 188 valence electrons. The second-order valence-corrected chi connectivity index (χ2v) is 10.3. The molecule has 8 heteroatoms. The lowest BCUT2D eigenvalue weighted by atomic mass is 9.68. The number of H-pyrrole nitrogens is 1. The maximum Gasteiger partial charge on any atom is 0.343 e. The van der Waals surface area contributed by atoms with Crippen molar-refractivity contribution in [3.63, 3.8) is 0 Å². The molecule has 1 aromatic heterocycles. The number of quaternary nitrogens is 1. The third-order valence-corrected chi connectivity index (χ3v) is 8.45. The van der Waals surface area contributed by atoms with E-state index in [4.69, 9.17) is 14.0 Å². The summed E-state index contributed by atoms with van der Waals surface area (Å²) in [7, 11) is 1.67. The molecule has 3 aromatic rings. The summed E-state index contributed by atoms with van der Waals surface area (Å²) in [4.78, 5) is 19.8. The highest BCUT2D eigenvalue weighted by Gasteiger charge is 2.56. The second-order valence-electron chi connectivity index (χ2n) is 10.3. The summed E-state index contributed by atoms with van der Waals surface area (Å²) in [6.45, 7) is 4.78. The number of benzene rings is 2. The summed E-state index contributed by atoms with van der Waals surface area (Å²) >= 11 is 0. The third kappa shape index (κ3) is 3.75. The van der Waals surface area contributed by atoms with Gasteiger partial charge in [-0.2, -0.15) is 0 Å². The SMILES string of the molecule is COc1cccc2c1OCC[C@]21C[NH2+]C[C@H]1C(=O)N1CC[C@@H](c2ccccc2)C[C@H]1c1[nH+]c(C)no1. The minimum Gasteiger partial charge on any atom is -0.493 e. The Hall–Kier alpha value is -3.39. The lowest BCUT2D eigenvalue weighted by molar-refractivity contribution is -0.640. The van der Waals surface area contributed by atoms with Gasteiger partial charge in [-0.05, 0) is 36.8 Å². The zero-order valence-corrected chi connectivity index (χ0v) is 20.9. The topological polar surface area (TPSA) is 95.6 Å². The molecule has 1 amide bonds. The summed E-state index contributed by atoms with van der Waals surface area (Å²) < 4.78 is 17.4. The largest absolute Gasteiger partial charge is 0.493 e. The van der Waals surface area contributed by atoms with Crippen LogP contribution in [0.25, 0.3) is 0 Å². The maximum absolute atomic E-state index is 14.4. The lowest BCUT2D eigenvalue weighted by Gasteiger charge is -2.42. The number of nitrogens with one attached hydrogen (secondary N) is 1. The number of fused-ring (bicyclic) bond motifs is 2. The van der Waals surface area contributed by atoms with Crippen molar-refractivity contribution in [3.05, 3.63) is 71.4 Å².